The first-order valence-electron chi connectivity index (χ1n) is 8.87. The zero-order valence-corrected chi connectivity index (χ0v) is 16.6. The summed E-state index contributed by atoms with van der Waals surface area (Å²) in [6.45, 7) is 6.54. The zero-order chi connectivity index (χ0) is 19.8. The van der Waals surface area contributed by atoms with E-state index < -0.39 is 5.91 Å². The van der Waals surface area contributed by atoms with E-state index in [1.807, 2.05) is 38.1 Å². The number of carbonyl (C=O) groups is 1. The summed E-state index contributed by atoms with van der Waals surface area (Å²) in [5, 5.41) is 12.8. The molecule has 0 heterocycles. The molecule has 0 saturated heterocycles. The third-order valence-electron chi connectivity index (χ3n) is 4.02. The SMILES string of the molecule is CCCCOc1ccc(Cl)cc1C=C(C#N)C(=O)Nc1ccc(C)cc1C. The Balaban J connectivity index is 2.28. The van der Waals surface area contributed by atoms with Crippen molar-refractivity contribution in [2.45, 2.75) is 33.6 Å². The van der Waals surface area contributed by atoms with E-state index in [0.717, 1.165) is 24.0 Å². The highest BCUT2D eigenvalue weighted by molar-refractivity contribution is 6.30. The lowest BCUT2D eigenvalue weighted by Crippen LogP contribution is -2.14. The van der Waals surface area contributed by atoms with E-state index in [-0.39, 0.29) is 5.57 Å². The number of aryl methyl sites for hydroxylation is 2. The maximum Gasteiger partial charge on any atom is 0.266 e. The van der Waals surface area contributed by atoms with Crippen molar-refractivity contribution in [1.82, 2.24) is 0 Å². The minimum atomic E-state index is -0.469. The van der Waals surface area contributed by atoms with Gasteiger partial charge in [0.2, 0.25) is 0 Å². The first kappa shape index (κ1) is 20.5. The number of benzene rings is 2. The van der Waals surface area contributed by atoms with E-state index in [9.17, 15) is 10.1 Å². The molecule has 5 heteroatoms. The monoisotopic (exact) mass is 382 g/mol. The van der Waals surface area contributed by atoms with Gasteiger partial charge in [0, 0.05) is 16.3 Å². The molecule has 0 aromatic heterocycles. The number of hydrogen-bond donors (Lipinski definition) is 1. The summed E-state index contributed by atoms with van der Waals surface area (Å²) in [6, 6.07) is 12.8. The molecule has 0 aliphatic rings. The summed E-state index contributed by atoms with van der Waals surface area (Å²) in [7, 11) is 0. The van der Waals surface area contributed by atoms with Gasteiger partial charge in [0.05, 0.1) is 6.61 Å². The second-order valence-corrected chi connectivity index (χ2v) is 6.76. The Morgan fingerprint density at radius 3 is 2.70 bits per heavy atom. The molecule has 140 valence electrons. The number of unbranched alkanes of at least 4 members (excludes halogenated alkanes) is 1. The zero-order valence-electron chi connectivity index (χ0n) is 15.8. The van der Waals surface area contributed by atoms with Crippen LogP contribution in [-0.4, -0.2) is 12.5 Å². The molecule has 0 aliphatic heterocycles. The molecule has 0 saturated carbocycles. The Labute approximate surface area is 165 Å². The van der Waals surface area contributed by atoms with Crippen molar-refractivity contribution in [3.63, 3.8) is 0 Å². The lowest BCUT2D eigenvalue weighted by molar-refractivity contribution is -0.112. The average molecular weight is 383 g/mol. The minimum absolute atomic E-state index is 0.0161. The van der Waals surface area contributed by atoms with Gasteiger partial charge >= 0.3 is 0 Å². The van der Waals surface area contributed by atoms with Crippen LogP contribution in [0.5, 0.6) is 5.75 Å². The van der Waals surface area contributed by atoms with Crippen LogP contribution in [0.15, 0.2) is 42.0 Å². The van der Waals surface area contributed by atoms with Crippen molar-refractivity contribution in [2.75, 3.05) is 11.9 Å². The van der Waals surface area contributed by atoms with Crippen LogP contribution in [0.25, 0.3) is 6.08 Å². The van der Waals surface area contributed by atoms with Crippen LogP contribution in [0.2, 0.25) is 5.02 Å². The number of amides is 1. The number of rotatable bonds is 7. The van der Waals surface area contributed by atoms with Crippen LogP contribution in [0.4, 0.5) is 5.69 Å². The number of anilines is 1. The lowest BCUT2D eigenvalue weighted by Gasteiger charge is -2.11. The Morgan fingerprint density at radius 2 is 2.04 bits per heavy atom. The Hall–Kier alpha value is -2.77. The van der Waals surface area contributed by atoms with Crippen molar-refractivity contribution in [3.05, 3.63) is 63.7 Å². The number of halogens is 1. The quantitative estimate of drug-likeness (QED) is 0.380. The maximum atomic E-state index is 12.6. The van der Waals surface area contributed by atoms with Gasteiger partial charge < -0.3 is 10.1 Å². The van der Waals surface area contributed by atoms with Crippen LogP contribution in [0.3, 0.4) is 0 Å². The maximum absolute atomic E-state index is 12.6. The molecular weight excluding hydrogens is 360 g/mol. The predicted molar refractivity (Wildman–Crippen MR) is 110 cm³/mol. The molecule has 2 rings (SSSR count). The highest BCUT2D eigenvalue weighted by Crippen LogP contribution is 2.26. The average Bonchev–Trinajstić information content (AvgIpc) is 2.63. The van der Waals surface area contributed by atoms with Gasteiger partial charge in [0.15, 0.2) is 0 Å². The fourth-order valence-corrected chi connectivity index (χ4v) is 2.72. The fraction of sp³-hybridized carbons (Fsp3) is 0.273. The number of nitriles is 1. The van der Waals surface area contributed by atoms with Crippen molar-refractivity contribution in [2.24, 2.45) is 0 Å². The van der Waals surface area contributed by atoms with Crippen LogP contribution in [0.1, 0.15) is 36.5 Å². The van der Waals surface area contributed by atoms with Crippen molar-refractivity contribution in [1.29, 1.82) is 5.26 Å². The van der Waals surface area contributed by atoms with E-state index in [4.69, 9.17) is 16.3 Å². The highest BCUT2D eigenvalue weighted by Gasteiger charge is 2.13. The van der Waals surface area contributed by atoms with Crippen molar-refractivity contribution in [3.8, 4) is 11.8 Å². The number of ether oxygens (including phenoxy) is 1. The van der Waals surface area contributed by atoms with Crippen LogP contribution in [0, 0.1) is 25.2 Å². The third-order valence-corrected chi connectivity index (χ3v) is 4.26. The predicted octanol–water partition coefficient (Wildman–Crippen LogP) is 5.68. The largest absolute Gasteiger partial charge is 0.493 e. The molecule has 0 aliphatic carbocycles. The van der Waals surface area contributed by atoms with Crippen LogP contribution >= 0.6 is 11.6 Å². The summed E-state index contributed by atoms with van der Waals surface area (Å²) in [4.78, 5) is 12.6. The molecule has 0 spiro atoms. The summed E-state index contributed by atoms with van der Waals surface area (Å²) in [6.07, 6.45) is 3.44. The highest BCUT2D eigenvalue weighted by atomic mass is 35.5. The molecule has 1 amide bonds. The third kappa shape index (κ3) is 5.87. The van der Waals surface area contributed by atoms with Crippen LogP contribution in [-0.2, 0) is 4.79 Å². The molecule has 4 nitrogen and oxygen atoms in total. The first-order chi connectivity index (χ1) is 12.9. The molecule has 0 bridgehead atoms. The summed E-state index contributed by atoms with van der Waals surface area (Å²) >= 11 is 6.08. The molecule has 27 heavy (non-hydrogen) atoms. The van der Waals surface area contributed by atoms with E-state index in [2.05, 4.69) is 12.2 Å². The van der Waals surface area contributed by atoms with Gasteiger partial charge in [0.25, 0.3) is 5.91 Å². The molecule has 2 aromatic carbocycles. The van der Waals surface area contributed by atoms with E-state index >= 15 is 0 Å². The Bertz CT molecular complexity index is 898. The number of nitrogens with one attached hydrogen (secondary N) is 1. The van der Waals surface area contributed by atoms with Gasteiger partial charge in [-0.2, -0.15) is 5.26 Å². The van der Waals surface area contributed by atoms with Crippen molar-refractivity contribution >= 4 is 29.3 Å². The molecule has 0 unspecified atom stereocenters. The standard InChI is InChI=1S/C22H23ClN2O2/c1-4-5-10-27-21-9-7-19(23)13-17(21)12-18(14-24)22(26)25-20-8-6-15(2)11-16(20)3/h6-9,11-13H,4-5,10H2,1-3H3,(H,25,26). The normalized spacial score (nSPS) is 11.0. The van der Waals surface area contributed by atoms with E-state index in [1.54, 1.807) is 18.2 Å². The van der Waals surface area contributed by atoms with Gasteiger partial charge in [0.1, 0.15) is 17.4 Å². The summed E-state index contributed by atoms with van der Waals surface area (Å²) in [5.41, 5.74) is 3.31. The number of hydrogen-bond acceptors (Lipinski definition) is 3. The molecule has 0 fully saturated rings. The first-order valence-corrected chi connectivity index (χ1v) is 9.25. The van der Waals surface area contributed by atoms with Gasteiger partial charge in [-0.1, -0.05) is 42.6 Å². The van der Waals surface area contributed by atoms with E-state index in [0.29, 0.717) is 28.6 Å². The molecule has 0 atom stereocenters. The van der Waals surface area contributed by atoms with Gasteiger partial charge in [-0.3, -0.25) is 4.79 Å². The summed E-state index contributed by atoms with van der Waals surface area (Å²) < 4.78 is 5.76. The Morgan fingerprint density at radius 1 is 1.26 bits per heavy atom. The van der Waals surface area contributed by atoms with Gasteiger partial charge in [-0.05, 0) is 56.2 Å². The van der Waals surface area contributed by atoms with E-state index in [1.165, 1.54) is 6.08 Å². The minimum Gasteiger partial charge on any atom is -0.493 e. The van der Waals surface area contributed by atoms with Crippen molar-refractivity contribution < 1.29 is 9.53 Å². The number of nitrogens with zero attached hydrogens (tertiary/aromatic N) is 1. The van der Waals surface area contributed by atoms with Gasteiger partial charge in [-0.25, -0.2) is 0 Å². The lowest BCUT2D eigenvalue weighted by atomic mass is 10.1. The van der Waals surface area contributed by atoms with Gasteiger partial charge in [-0.15, -0.1) is 0 Å². The Kier molecular flexibility index (Phi) is 7.45. The topological polar surface area (TPSA) is 62.1 Å². The summed E-state index contributed by atoms with van der Waals surface area (Å²) in [5.74, 6) is 0.129. The smallest absolute Gasteiger partial charge is 0.266 e. The number of carbonyl (C=O) groups excluding carboxylic acids is 1. The molecule has 2 aromatic rings. The second kappa shape index (κ2) is 9.80. The molecule has 0 radical (unpaired) electrons. The molecule has 1 N–H and O–H groups in total. The second-order valence-electron chi connectivity index (χ2n) is 6.33. The molecular formula is C22H23ClN2O2. The van der Waals surface area contributed by atoms with Crippen LogP contribution < -0.4 is 10.1 Å². The fourth-order valence-electron chi connectivity index (χ4n) is 2.54.